The van der Waals surface area contributed by atoms with E-state index in [0.717, 1.165) is 22.7 Å². The molecule has 0 nitrogen and oxygen atoms in total. The molecular formula is C30H10B2F10S2. The van der Waals surface area contributed by atoms with Crippen molar-refractivity contribution in [3.05, 3.63) is 141 Å². The maximum Gasteiger partial charge on any atom is 0.271 e. The number of thiophene rings is 2. The number of benzene rings is 2. The molecule has 0 unspecified atom stereocenters. The van der Waals surface area contributed by atoms with E-state index in [2.05, 4.69) is 11.5 Å². The Balaban J connectivity index is 1.45. The number of hydrogen-bond donors (Lipinski definition) is 0. The summed E-state index contributed by atoms with van der Waals surface area (Å²) in [5, 5.41) is 0. The molecule has 0 bridgehead atoms. The van der Waals surface area contributed by atoms with Gasteiger partial charge in [0.15, 0.2) is 58.2 Å². The van der Waals surface area contributed by atoms with Crippen molar-refractivity contribution in [2.24, 2.45) is 0 Å². The third-order valence-corrected chi connectivity index (χ3v) is 9.49. The lowest BCUT2D eigenvalue weighted by atomic mass is 9.39. The molecule has 218 valence electrons. The summed E-state index contributed by atoms with van der Waals surface area (Å²) in [6, 6.07) is 5.88. The molecule has 2 aromatic carbocycles. The van der Waals surface area contributed by atoms with Crippen molar-refractivity contribution in [3.63, 3.8) is 0 Å². The molecular weight excluding hydrogens is 636 g/mol. The number of halogens is 10. The first-order valence-electron chi connectivity index (χ1n) is 12.5. The van der Waals surface area contributed by atoms with Crippen LogP contribution in [-0.2, 0) is 0 Å². The van der Waals surface area contributed by atoms with Crippen molar-refractivity contribution < 1.29 is 43.9 Å². The molecule has 44 heavy (non-hydrogen) atoms. The smallest absolute Gasteiger partial charge is 0.204 e. The molecule has 2 aliphatic carbocycles. The summed E-state index contributed by atoms with van der Waals surface area (Å²) >= 11 is 1.89. The number of rotatable bonds is 7. The van der Waals surface area contributed by atoms with E-state index in [1.807, 2.05) is 0 Å². The largest absolute Gasteiger partial charge is 0.271 e. The molecule has 2 aliphatic rings. The number of allylic oxidation sites excluding steroid dienone is 6. The highest BCUT2D eigenvalue weighted by molar-refractivity contribution is 7.33. The minimum atomic E-state index is -2.29. The highest BCUT2D eigenvalue weighted by Crippen LogP contribution is 2.30. The fourth-order valence-corrected chi connectivity index (χ4v) is 7.35. The molecule has 0 fully saturated rings. The molecule has 0 saturated carbocycles. The Morgan fingerprint density at radius 2 is 0.750 bits per heavy atom. The van der Waals surface area contributed by atoms with Crippen LogP contribution in [0, 0.1) is 58.2 Å². The first kappa shape index (κ1) is 29.8. The summed E-state index contributed by atoms with van der Waals surface area (Å²) in [6.07, 6.45) is 8.61. The van der Waals surface area contributed by atoms with Crippen molar-refractivity contribution in [1.82, 2.24) is 0 Å². The fraction of sp³-hybridized carbons (Fsp3) is 0. The quantitative estimate of drug-likeness (QED) is 0.0711. The molecule has 4 aromatic rings. The molecule has 0 atom stereocenters. The van der Waals surface area contributed by atoms with Crippen molar-refractivity contribution in [2.75, 3.05) is 0 Å². The zero-order valence-corrected chi connectivity index (χ0v) is 23.2. The van der Waals surface area contributed by atoms with E-state index in [4.69, 9.17) is 0 Å². The first-order valence-corrected chi connectivity index (χ1v) is 14.1. The van der Waals surface area contributed by atoms with Gasteiger partial charge in [-0.15, -0.1) is 34.1 Å². The Bertz CT molecular complexity index is 1870. The van der Waals surface area contributed by atoms with Gasteiger partial charge in [-0.2, -0.15) is 0 Å². The van der Waals surface area contributed by atoms with Crippen LogP contribution in [0.1, 0.15) is 0 Å². The SMILES string of the molecule is Fc1c(F)c(F)c(B(C2=C=CC=C2)c2ccc(-c3ccc(B(C4=C=CC=C4)c4c(F)c(F)c(F)c(F)c4F)s3)s2)c(F)c1F. The van der Waals surface area contributed by atoms with Crippen LogP contribution in [0.5, 0.6) is 0 Å². The van der Waals surface area contributed by atoms with Gasteiger partial charge in [0.05, 0.1) is 0 Å². The highest BCUT2D eigenvalue weighted by atomic mass is 32.1. The molecule has 2 aromatic heterocycles. The van der Waals surface area contributed by atoms with Crippen LogP contribution in [0.4, 0.5) is 43.9 Å². The van der Waals surface area contributed by atoms with Crippen LogP contribution >= 0.6 is 22.7 Å². The molecule has 14 heteroatoms. The second kappa shape index (κ2) is 11.4. The molecule has 0 radical (unpaired) electrons. The Kier molecular flexibility index (Phi) is 7.71. The van der Waals surface area contributed by atoms with Crippen molar-refractivity contribution in [2.45, 2.75) is 0 Å². The second-order valence-electron chi connectivity index (χ2n) is 9.49. The third kappa shape index (κ3) is 4.75. The van der Waals surface area contributed by atoms with Crippen molar-refractivity contribution in [3.8, 4) is 9.75 Å². The van der Waals surface area contributed by atoms with Crippen LogP contribution in [0.15, 0.2) is 83.1 Å². The van der Waals surface area contributed by atoms with Gasteiger partial charge in [-0.3, -0.25) is 0 Å². The Morgan fingerprint density at radius 3 is 1.05 bits per heavy atom. The van der Waals surface area contributed by atoms with Gasteiger partial charge in [0.25, 0.3) is 13.4 Å². The summed E-state index contributed by atoms with van der Waals surface area (Å²) in [5.41, 5.74) is 3.61. The normalized spacial score (nSPS) is 13.3. The molecule has 0 amide bonds. The Morgan fingerprint density at radius 1 is 0.432 bits per heavy atom. The third-order valence-electron chi connectivity index (χ3n) is 7.00. The Labute approximate surface area is 251 Å². The average Bonchev–Trinajstić information content (AvgIpc) is 3.85. The standard InChI is InChI=1S/C30H10B2F10S2/c33-21-19(22(34)26(38)29(41)25(21)37)31(13-5-1-2-6-13)17-11-9-15(43-17)16-10-12-18(44-16)32(14-7-3-4-8-14)20-23(35)27(39)30(42)28(40)24(20)36/h1-5,7,9-12H. The topological polar surface area (TPSA) is 0 Å². The van der Waals surface area contributed by atoms with Gasteiger partial charge in [-0.25, -0.2) is 43.9 Å². The van der Waals surface area contributed by atoms with Crippen molar-refractivity contribution in [1.29, 1.82) is 0 Å². The zero-order chi connectivity index (χ0) is 31.4. The minimum absolute atomic E-state index is 0.131. The predicted octanol–water partition coefficient (Wildman–Crippen LogP) is 6.47. The van der Waals surface area contributed by atoms with Gasteiger partial charge in [-0.05, 0) is 44.8 Å². The van der Waals surface area contributed by atoms with E-state index in [9.17, 15) is 43.9 Å². The van der Waals surface area contributed by atoms with E-state index in [1.54, 1.807) is 0 Å². The maximum absolute atomic E-state index is 14.9. The molecule has 0 aliphatic heterocycles. The van der Waals surface area contributed by atoms with Crippen molar-refractivity contribution >= 4 is 56.6 Å². The average molecular weight is 646 g/mol. The van der Waals surface area contributed by atoms with Gasteiger partial charge in [0, 0.05) is 20.7 Å². The van der Waals surface area contributed by atoms with E-state index in [0.29, 0.717) is 9.75 Å². The van der Waals surface area contributed by atoms with Crippen LogP contribution in [0.25, 0.3) is 9.75 Å². The summed E-state index contributed by atoms with van der Waals surface area (Å²) in [7, 11) is 0. The molecule has 2 heterocycles. The minimum Gasteiger partial charge on any atom is -0.204 e. The lowest BCUT2D eigenvalue weighted by Crippen LogP contribution is -2.47. The van der Waals surface area contributed by atoms with Gasteiger partial charge in [0.2, 0.25) is 0 Å². The summed E-state index contributed by atoms with van der Waals surface area (Å²) in [5.74, 6) is -21.0. The van der Waals surface area contributed by atoms with Crippen LogP contribution < -0.4 is 20.5 Å². The van der Waals surface area contributed by atoms with E-state index in [1.165, 1.54) is 60.7 Å². The highest BCUT2D eigenvalue weighted by Gasteiger charge is 2.38. The first-order chi connectivity index (χ1) is 21.0. The van der Waals surface area contributed by atoms with Gasteiger partial charge < -0.3 is 0 Å². The number of hydrogen-bond acceptors (Lipinski definition) is 2. The maximum atomic E-state index is 14.9. The van der Waals surface area contributed by atoms with E-state index in [-0.39, 0.29) is 20.5 Å². The second-order valence-corrected chi connectivity index (χ2v) is 11.7. The molecule has 0 spiro atoms. The molecule has 6 rings (SSSR count). The van der Waals surface area contributed by atoms with Crippen LogP contribution in [-0.4, -0.2) is 13.4 Å². The van der Waals surface area contributed by atoms with E-state index >= 15 is 0 Å². The monoisotopic (exact) mass is 646 g/mol. The van der Waals surface area contributed by atoms with Crippen LogP contribution in [0.2, 0.25) is 0 Å². The van der Waals surface area contributed by atoms with Gasteiger partial charge in [0.1, 0.15) is 0 Å². The van der Waals surface area contributed by atoms with E-state index < -0.39 is 82.5 Å². The molecule has 0 saturated heterocycles. The lowest BCUT2D eigenvalue weighted by Gasteiger charge is -2.15. The predicted molar refractivity (Wildman–Crippen MR) is 152 cm³/mol. The summed E-state index contributed by atoms with van der Waals surface area (Å²) in [4.78, 5) is 0.860. The zero-order valence-electron chi connectivity index (χ0n) is 21.5. The van der Waals surface area contributed by atoms with Gasteiger partial charge >= 0.3 is 0 Å². The van der Waals surface area contributed by atoms with Gasteiger partial charge in [-0.1, -0.05) is 36.4 Å². The summed E-state index contributed by atoms with van der Waals surface area (Å²) < 4.78 is 144. The fourth-order valence-electron chi connectivity index (χ4n) is 4.98. The molecule has 0 N–H and O–H groups in total. The van der Waals surface area contributed by atoms with Crippen LogP contribution in [0.3, 0.4) is 0 Å². The summed E-state index contributed by atoms with van der Waals surface area (Å²) in [6.45, 7) is -2.87. The lowest BCUT2D eigenvalue weighted by molar-refractivity contribution is 0.384. The Hall–Kier alpha value is -4.21.